The Kier molecular flexibility index (Phi) is 5.83. The highest BCUT2D eigenvalue weighted by Gasteiger charge is 2.23. The summed E-state index contributed by atoms with van der Waals surface area (Å²) in [7, 11) is 0. The van der Waals surface area contributed by atoms with Crippen LogP contribution in [0.5, 0.6) is 0 Å². The van der Waals surface area contributed by atoms with Gasteiger partial charge in [-0.05, 0) is 42.8 Å². The fourth-order valence-corrected chi connectivity index (χ4v) is 2.87. The summed E-state index contributed by atoms with van der Waals surface area (Å²) in [4.78, 5) is 36.1. The molecule has 1 unspecified atom stereocenters. The number of amides is 3. The van der Waals surface area contributed by atoms with Crippen LogP contribution < -0.4 is 21.3 Å². The predicted octanol–water partition coefficient (Wildman–Crippen LogP) is 1.66. The minimum Gasteiger partial charge on any atom is -0.353 e. The summed E-state index contributed by atoms with van der Waals surface area (Å²) in [6, 6.07) is 13.7. The highest BCUT2D eigenvalue weighted by Crippen LogP contribution is 2.16. The molecule has 3 amide bonds. The summed E-state index contributed by atoms with van der Waals surface area (Å²) in [6.45, 7) is 3.11. The van der Waals surface area contributed by atoms with E-state index in [1.165, 1.54) is 0 Å². The lowest BCUT2D eigenvalue weighted by molar-refractivity contribution is -0.127. The van der Waals surface area contributed by atoms with Gasteiger partial charge in [0, 0.05) is 30.0 Å². The average Bonchev–Trinajstić information content (AvgIpc) is 2.65. The van der Waals surface area contributed by atoms with Crippen LogP contribution >= 0.6 is 0 Å². The van der Waals surface area contributed by atoms with E-state index < -0.39 is 6.04 Å². The van der Waals surface area contributed by atoms with Crippen molar-refractivity contribution in [2.45, 2.75) is 19.4 Å². The Morgan fingerprint density at radius 2 is 1.67 bits per heavy atom. The summed E-state index contributed by atoms with van der Waals surface area (Å²) in [6.07, 6.45) is 0.0671. The Bertz CT molecular complexity index is 849. The number of carbonyl (C=O) groups is 3. The van der Waals surface area contributed by atoms with E-state index in [2.05, 4.69) is 21.3 Å². The minimum absolute atomic E-state index is 0.0671. The van der Waals surface area contributed by atoms with Crippen molar-refractivity contribution in [2.75, 3.05) is 23.7 Å². The number of carbonyl (C=O) groups excluding carboxylic acids is 3. The minimum atomic E-state index is -0.508. The Labute approximate surface area is 157 Å². The van der Waals surface area contributed by atoms with Crippen molar-refractivity contribution in [3.63, 3.8) is 0 Å². The van der Waals surface area contributed by atoms with Crippen LogP contribution in [0.2, 0.25) is 0 Å². The standard InChI is InChI=1S/C20H22N4O3/c1-13-4-2-3-5-16(13)19(26)24-15-8-6-14(7-9-15)23-18(25)12-17-20(27)22-11-10-21-17/h2-9,17,21H,10-12H2,1H3,(H,22,27)(H,23,25)(H,24,26). The van der Waals surface area contributed by atoms with E-state index in [0.717, 1.165) is 5.56 Å². The first-order valence-corrected chi connectivity index (χ1v) is 8.81. The van der Waals surface area contributed by atoms with Gasteiger partial charge in [0.2, 0.25) is 11.8 Å². The van der Waals surface area contributed by atoms with Crippen LogP contribution in [-0.4, -0.2) is 36.9 Å². The van der Waals surface area contributed by atoms with E-state index in [1.54, 1.807) is 30.3 Å². The van der Waals surface area contributed by atoms with Gasteiger partial charge >= 0.3 is 0 Å². The molecule has 0 spiro atoms. The summed E-state index contributed by atoms with van der Waals surface area (Å²) >= 11 is 0. The number of rotatable bonds is 5. The molecule has 0 aromatic heterocycles. The summed E-state index contributed by atoms with van der Waals surface area (Å²) in [5.41, 5.74) is 2.76. The number of piperazine rings is 1. The number of anilines is 2. The molecule has 2 aromatic rings. The summed E-state index contributed by atoms with van der Waals surface area (Å²) in [5.74, 6) is -0.591. The van der Waals surface area contributed by atoms with Crippen LogP contribution in [0, 0.1) is 6.92 Å². The highest BCUT2D eigenvalue weighted by molar-refractivity contribution is 6.05. The predicted molar refractivity (Wildman–Crippen MR) is 104 cm³/mol. The second-order valence-electron chi connectivity index (χ2n) is 6.40. The van der Waals surface area contributed by atoms with Crippen LogP contribution in [0.3, 0.4) is 0 Å². The number of nitrogens with one attached hydrogen (secondary N) is 4. The molecule has 27 heavy (non-hydrogen) atoms. The molecule has 1 aliphatic rings. The maximum Gasteiger partial charge on any atom is 0.255 e. The largest absolute Gasteiger partial charge is 0.353 e. The van der Waals surface area contributed by atoms with Crippen molar-refractivity contribution >= 4 is 29.1 Å². The van der Waals surface area contributed by atoms with Crippen molar-refractivity contribution in [1.29, 1.82) is 0 Å². The molecule has 7 nitrogen and oxygen atoms in total. The number of aryl methyl sites for hydroxylation is 1. The summed E-state index contributed by atoms with van der Waals surface area (Å²) in [5, 5.41) is 11.3. The molecule has 140 valence electrons. The molecule has 0 radical (unpaired) electrons. The fourth-order valence-electron chi connectivity index (χ4n) is 2.87. The normalized spacial score (nSPS) is 16.3. The first-order valence-electron chi connectivity index (χ1n) is 8.81. The van der Waals surface area contributed by atoms with Gasteiger partial charge in [-0.15, -0.1) is 0 Å². The molecule has 0 saturated carbocycles. The Hall–Kier alpha value is -3.19. The van der Waals surface area contributed by atoms with E-state index in [0.29, 0.717) is 30.0 Å². The molecule has 1 atom stereocenters. The molecule has 7 heteroatoms. The van der Waals surface area contributed by atoms with E-state index in [1.807, 2.05) is 25.1 Å². The van der Waals surface area contributed by atoms with Crippen molar-refractivity contribution < 1.29 is 14.4 Å². The van der Waals surface area contributed by atoms with Crippen LogP contribution in [0.15, 0.2) is 48.5 Å². The van der Waals surface area contributed by atoms with E-state index >= 15 is 0 Å². The first-order chi connectivity index (χ1) is 13.0. The number of benzene rings is 2. The monoisotopic (exact) mass is 366 g/mol. The van der Waals surface area contributed by atoms with Gasteiger partial charge in [-0.25, -0.2) is 0 Å². The molecular weight excluding hydrogens is 344 g/mol. The van der Waals surface area contributed by atoms with E-state index in [4.69, 9.17) is 0 Å². The maximum atomic E-state index is 12.3. The second-order valence-corrected chi connectivity index (χ2v) is 6.40. The molecule has 0 aliphatic carbocycles. The van der Waals surface area contributed by atoms with Crippen LogP contribution in [-0.2, 0) is 9.59 Å². The molecule has 1 saturated heterocycles. The van der Waals surface area contributed by atoms with Gasteiger partial charge in [-0.3, -0.25) is 14.4 Å². The lowest BCUT2D eigenvalue weighted by atomic mass is 10.1. The SMILES string of the molecule is Cc1ccccc1C(=O)Nc1ccc(NC(=O)CC2NCCNC2=O)cc1. The van der Waals surface area contributed by atoms with Crippen molar-refractivity contribution in [1.82, 2.24) is 10.6 Å². The fraction of sp³-hybridized carbons (Fsp3) is 0.250. The lowest BCUT2D eigenvalue weighted by Crippen LogP contribution is -2.53. The molecule has 1 heterocycles. The smallest absolute Gasteiger partial charge is 0.255 e. The van der Waals surface area contributed by atoms with Crippen molar-refractivity contribution in [3.05, 3.63) is 59.7 Å². The molecule has 1 fully saturated rings. The second kappa shape index (κ2) is 8.46. The van der Waals surface area contributed by atoms with Gasteiger partial charge in [-0.1, -0.05) is 18.2 Å². The molecule has 4 N–H and O–H groups in total. The third-order valence-electron chi connectivity index (χ3n) is 4.34. The van der Waals surface area contributed by atoms with Gasteiger partial charge < -0.3 is 21.3 Å². The van der Waals surface area contributed by atoms with Crippen molar-refractivity contribution in [3.8, 4) is 0 Å². The summed E-state index contributed by atoms with van der Waals surface area (Å²) < 4.78 is 0. The van der Waals surface area contributed by atoms with Gasteiger partial charge in [-0.2, -0.15) is 0 Å². The zero-order chi connectivity index (χ0) is 19.2. The molecule has 2 aromatic carbocycles. The molecule has 3 rings (SSSR count). The Morgan fingerprint density at radius 3 is 2.33 bits per heavy atom. The van der Waals surface area contributed by atoms with E-state index in [-0.39, 0.29) is 24.1 Å². The first kappa shape index (κ1) is 18.6. The topological polar surface area (TPSA) is 99.3 Å². The van der Waals surface area contributed by atoms with Gasteiger partial charge in [0.05, 0.1) is 12.5 Å². The molecule has 1 aliphatic heterocycles. The quantitative estimate of drug-likeness (QED) is 0.647. The van der Waals surface area contributed by atoms with Gasteiger partial charge in [0.25, 0.3) is 5.91 Å². The molecule has 0 bridgehead atoms. The number of hydrogen-bond donors (Lipinski definition) is 4. The zero-order valence-electron chi connectivity index (χ0n) is 15.0. The molecular formula is C20H22N4O3. The van der Waals surface area contributed by atoms with E-state index in [9.17, 15) is 14.4 Å². The third-order valence-corrected chi connectivity index (χ3v) is 4.34. The third kappa shape index (κ3) is 4.92. The Morgan fingerprint density at radius 1 is 1.00 bits per heavy atom. The van der Waals surface area contributed by atoms with Gasteiger partial charge in [0.15, 0.2) is 0 Å². The van der Waals surface area contributed by atoms with Crippen LogP contribution in [0.25, 0.3) is 0 Å². The van der Waals surface area contributed by atoms with Crippen LogP contribution in [0.4, 0.5) is 11.4 Å². The zero-order valence-corrected chi connectivity index (χ0v) is 15.0. The maximum absolute atomic E-state index is 12.3. The highest BCUT2D eigenvalue weighted by atomic mass is 16.2. The Balaban J connectivity index is 1.55. The lowest BCUT2D eigenvalue weighted by Gasteiger charge is -2.22. The van der Waals surface area contributed by atoms with Gasteiger partial charge in [0.1, 0.15) is 0 Å². The number of hydrogen-bond acceptors (Lipinski definition) is 4. The average molecular weight is 366 g/mol. The van der Waals surface area contributed by atoms with Crippen LogP contribution in [0.1, 0.15) is 22.3 Å². The van der Waals surface area contributed by atoms with Crippen molar-refractivity contribution in [2.24, 2.45) is 0 Å².